The van der Waals surface area contributed by atoms with Gasteiger partial charge in [0.1, 0.15) is 17.2 Å². The molecule has 0 aliphatic carbocycles. The maximum atomic E-state index is 9.96. The number of aromatic amines is 1. The number of nitrogens with two attached hydrogens (primary N) is 1. The number of aromatic nitrogens is 2. The van der Waals surface area contributed by atoms with E-state index in [4.69, 9.17) is 5.73 Å². The zero-order valence-corrected chi connectivity index (χ0v) is 10.9. The van der Waals surface area contributed by atoms with Crippen molar-refractivity contribution in [3.63, 3.8) is 0 Å². The second-order valence-corrected chi connectivity index (χ2v) is 4.63. The molecule has 2 aromatic carbocycles. The second kappa shape index (κ2) is 4.75. The van der Waals surface area contributed by atoms with E-state index in [-0.39, 0.29) is 22.9 Å². The maximum Gasteiger partial charge on any atom is 0.138 e. The Morgan fingerprint density at radius 2 is 1.71 bits per heavy atom. The molecule has 6 nitrogen and oxygen atoms in total. The Labute approximate surface area is 120 Å². The highest BCUT2D eigenvalue weighted by Gasteiger charge is 2.14. The molecule has 0 bridgehead atoms. The van der Waals surface area contributed by atoms with Crippen LogP contribution in [0.15, 0.2) is 42.6 Å². The number of nitrogen functional groups attached to an aromatic ring is 1. The molecular formula is C15H13N3O3. The molecule has 3 rings (SSSR count). The highest BCUT2D eigenvalue weighted by atomic mass is 16.3. The minimum Gasteiger partial charge on any atom is -0.508 e. The summed E-state index contributed by atoms with van der Waals surface area (Å²) >= 11 is 0. The van der Waals surface area contributed by atoms with Crippen LogP contribution < -0.4 is 5.73 Å². The maximum absolute atomic E-state index is 9.96. The van der Waals surface area contributed by atoms with Gasteiger partial charge in [-0.1, -0.05) is 6.07 Å². The van der Waals surface area contributed by atoms with Crippen molar-refractivity contribution in [1.29, 1.82) is 0 Å². The molecule has 0 amide bonds. The van der Waals surface area contributed by atoms with Crippen LogP contribution in [-0.2, 0) is 0 Å². The van der Waals surface area contributed by atoms with E-state index < -0.39 is 0 Å². The SMILES string of the molecule is Nc1cc(-c2cn[nH]c2-c2ccc(O)cc2O)ccc1O. The molecule has 106 valence electrons. The number of nitrogens with one attached hydrogen (secondary N) is 1. The predicted molar refractivity (Wildman–Crippen MR) is 78.9 cm³/mol. The van der Waals surface area contributed by atoms with Gasteiger partial charge in [0, 0.05) is 17.2 Å². The van der Waals surface area contributed by atoms with Crippen LogP contribution in [0.2, 0.25) is 0 Å². The van der Waals surface area contributed by atoms with E-state index in [2.05, 4.69) is 10.2 Å². The van der Waals surface area contributed by atoms with Crippen molar-refractivity contribution in [3.8, 4) is 39.6 Å². The molecule has 0 aliphatic rings. The molecule has 21 heavy (non-hydrogen) atoms. The lowest BCUT2D eigenvalue weighted by Gasteiger charge is -2.07. The lowest BCUT2D eigenvalue weighted by molar-refractivity contribution is 0.451. The van der Waals surface area contributed by atoms with Gasteiger partial charge < -0.3 is 21.1 Å². The van der Waals surface area contributed by atoms with E-state index in [0.29, 0.717) is 11.3 Å². The summed E-state index contributed by atoms with van der Waals surface area (Å²) in [6.45, 7) is 0. The summed E-state index contributed by atoms with van der Waals surface area (Å²) in [5.74, 6) is -0.0743. The van der Waals surface area contributed by atoms with Crippen LogP contribution in [-0.4, -0.2) is 25.5 Å². The van der Waals surface area contributed by atoms with E-state index in [9.17, 15) is 15.3 Å². The normalized spacial score (nSPS) is 10.7. The van der Waals surface area contributed by atoms with Crippen LogP contribution in [0.5, 0.6) is 17.2 Å². The van der Waals surface area contributed by atoms with Crippen LogP contribution in [0, 0.1) is 0 Å². The summed E-state index contributed by atoms with van der Waals surface area (Å²) in [6, 6.07) is 9.15. The van der Waals surface area contributed by atoms with Crippen molar-refractivity contribution in [1.82, 2.24) is 10.2 Å². The Morgan fingerprint density at radius 3 is 2.43 bits per heavy atom. The third-order valence-corrected chi connectivity index (χ3v) is 3.23. The van der Waals surface area contributed by atoms with Crippen LogP contribution in [0.25, 0.3) is 22.4 Å². The number of nitrogens with zero attached hydrogens (tertiary/aromatic N) is 1. The van der Waals surface area contributed by atoms with Gasteiger partial charge in [-0.25, -0.2) is 0 Å². The van der Waals surface area contributed by atoms with Gasteiger partial charge in [0.05, 0.1) is 17.6 Å². The molecule has 0 atom stereocenters. The Kier molecular flexibility index (Phi) is 2.91. The van der Waals surface area contributed by atoms with Crippen molar-refractivity contribution < 1.29 is 15.3 Å². The third-order valence-electron chi connectivity index (χ3n) is 3.23. The smallest absolute Gasteiger partial charge is 0.138 e. The van der Waals surface area contributed by atoms with Gasteiger partial charge in [-0.2, -0.15) is 5.10 Å². The first-order chi connectivity index (χ1) is 10.1. The fourth-order valence-electron chi connectivity index (χ4n) is 2.16. The summed E-state index contributed by atoms with van der Waals surface area (Å²) in [6.07, 6.45) is 1.60. The number of phenols is 3. The minimum absolute atomic E-state index is 0.0104. The molecule has 0 spiro atoms. The van der Waals surface area contributed by atoms with Gasteiger partial charge in [0.25, 0.3) is 0 Å². The topological polar surface area (TPSA) is 115 Å². The summed E-state index contributed by atoms with van der Waals surface area (Å²) in [5, 5.41) is 35.6. The summed E-state index contributed by atoms with van der Waals surface area (Å²) in [7, 11) is 0. The van der Waals surface area contributed by atoms with Gasteiger partial charge in [-0.3, -0.25) is 5.10 Å². The Hall–Kier alpha value is -3.15. The van der Waals surface area contributed by atoms with Gasteiger partial charge in [-0.05, 0) is 29.8 Å². The monoisotopic (exact) mass is 283 g/mol. The summed E-state index contributed by atoms with van der Waals surface area (Å²) < 4.78 is 0. The number of aromatic hydroxyl groups is 3. The molecule has 0 saturated heterocycles. The molecule has 6 N–H and O–H groups in total. The molecular weight excluding hydrogens is 270 g/mol. The van der Waals surface area contributed by atoms with Gasteiger partial charge in [0.15, 0.2) is 0 Å². The lowest BCUT2D eigenvalue weighted by Crippen LogP contribution is -1.88. The average Bonchev–Trinajstić information content (AvgIpc) is 2.91. The standard InChI is InChI=1S/C15H13N3O3/c16-12-5-8(1-4-13(12)20)11-7-17-18-15(11)10-3-2-9(19)6-14(10)21/h1-7,19-21H,16H2,(H,17,18). The zero-order chi connectivity index (χ0) is 15.0. The first-order valence-corrected chi connectivity index (χ1v) is 6.21. The molecule has 1 aromatic heterocycles. The fraction of sp³-hybridized carbons (Fsp3) is 0. The van der Waals surface area contributed by atoms with Gasteiger partial charge in [0.2, 0.25) is 0 Å². The first-order valence-electron chi connectivity index (χ1n) is 6.21. The van der Waals surface area contributed by atoms with E-state index >= 15 is 0 Å². The van der Waals surface area contributed by atoms with Crippen LogP contribution in [0.4, 0.5) is 5.69 Å². The van der Waals surface area contributed by atoms with Crippen LogP contribution in [0.3, 0.4) is 0 Å². The van der Waals surface area contributed by atoms with Crippen molar-refractivity contribution in [3.05, 3.63) is 42.6 Å². The van der Waals surface area contributed by atoms with E-state index in [1.807, 2.05) is 0 Å². The molecule has 0 radical (unpaired) electrons. The molecule has 0 aliphatic heterocycles. The number of benzene rings is 2. The molecule has 0 unspecified atom stereocenters. The lowest BCUT2D eigenvalue weighted by atomic mass is 10.0. The minimum atomic E-state index is -0.0627. The Morgan fingerprint density at radius 1 is 0.905 bits per heavy atom. The van der Waals surface area contributed by atoms with E-state index in [0.717, 1.165) is 11.1 Å². The molecule has 0 saturated carbocycles. The molecule has 1 heterocycles. The number of phenolic OH excluding ortho intramolecular Hbond substituents is 3. The van der Waals surface area contributed by atoms with E-state index in [1.54, 1.807) is 24.4 Å². The number of anilines is 1. The van der Waals surface area contributed by atoms with Crippen molar-refractivity contribution in [2.45, 2.75) is 0 Å². The predicted octanol–water partition coefficient (Wildman–Crippen LogP) is 2.44. The Bertz CT molecular complexity index is 812. The quantitative estimate of drug-likeness (QED) is 0.366. The van der Waals surface area contributed by atoms with Gasteiger partial charge >= 0.3 is 0 Å². The summed E-state index contributed by atoms with van der Waals surface area (Å²) in [4.78, 5) is 0. The van der Waals surface area contributed by atoms with Crippen LogP contribution in [0.1, 0.15) is 0 Å². The zero-order valence-electron chi connectivity index (χ0n) is 10.9. The number of H-pyrrole nitrogens is 1. The van der Waals surface area contributed by atoms with Crippen molar-refractivity contribution in [2.24, 2.45) is 0 Å². The molecule has 6 heteroatoms. The number of hydrogen-bond acceptors (Lipinski definition) is 5. The van der Waals surface area contributed by atoms with E-state index in [1.165, 1.54) is 18.2 Å². The highest BCUT2D eigenvalue weighted by molar-refractivity contribution is 5.84. The fourth-order valence-corrected chi connectivity index (χ4v) is 2.16. The Balaban J connectivity index is 2.14. The average molecular weight is 283 g/mol. The molecule has 0 fully saturated rings. The number of rotatable bonds is 2. The van der Waals surface area contributed by atoms with Crippen molar-refractivity contribution >= 4 is 5.69 Å². The second-order valence-electron chi connectivity index (χ2n) is 4.63. The van der Waals surface area contributed by atoms with Crippen molar-refractivity contribution in [2.75, 3.05) is 5.73 Å². The largest absolute Gasteiger partial charge is 0.508 e. The third kappa shape index (κ3) is 2.23. The first kappa shape index (κ1) is 12.9. The number of hydrogen-bond donors (Lipinski definition) is 5. The summed E-state index contributed by atoms with van der Waals surface area (Å²) in [5.41, 5.74) is 8.54. The van der Waals surface area contributed by atoms with Gasteiger partial charge in [-0.15, -0.1) is 0 Å². The van der Waals surface area contributed by atoms with Crippen LogP contribution >= 0.6 is 0 Å². The molecule has 3 aromatic rings. The highest BCUT2D eigenvalue weighted by Crippen LogP contribution is 2.38.